The lowest BCUT2D eigenvalue weighted by Gasteiger charge is -2.06. The maximum absolute atomic E-state index is 11.0. The molecule has 0 fully saturated rings. The summed E-state index contributed by atoms with van der Waals surface area (Å²) in [5, 5.41) is 21.0. The topological polar surface area (TPSA) is 90.9 Å². The van der Waals surface area contributed by atoms with E-state index in [-0.39, 0.29) is 0 Å². The maximum Gasteiger partial charge on any atom is 0.346 e. The molecular formula is C15H12N4O2S. The molecule has 0 aliphatic carbocycles. The number of carboxylic acids is 1. The van der Waals surface area contributed by atoms with Gasteiger partial charge in [0.05, 0.1) is 23.7 Å². The van der Waals surface area contributed by atoms with Crippen LogP contribution >= 0.6 is 11.3 Å². The molecule has 2 aromatic heterocycles. The normalized spacial score (nSPS) is 10.5. The highest BCUT2D eigenvalue weighted by atomic mass is 32.1. The smallest absolute Gasteiger partial charge is 0.346 e. The molecule has 2 heterocycles. The van der Waals surface area contributed by atoms with Crippen molar-refractivity contribution in [2.75, 3.05) is 5.32 Å². The van der Waals surface area contributed by atoms with Crippen molar-refractivity contribution in [1.82, 2.24) is 9.55 Å². The number of aryl methyl sites for hydroxylation is 1. The molecule has 3 aromatic rings. The first-order valence-electron chi connectivity index (χ1n) is 6.51. The molecule has 0 saturated carbocycles. The zero-order chi connectivity index (χ0) is 15.7. The van der Waals surface area contributed by atoms with Crippen LogP contribution < -0.4 is 5.32 Å². The number of carbonyl (C=O) groups is 1. The third kappa shape index (κ3) is 2.52. The van der Waals surface area contributed by atoms with E-state index in [9.17, 15) is 4.79 Å². The third-order valence-electron chi connectivity index (χ3n) is 3.35. The highest BCUT2D eigenvalue weighted by molar-refractivity contribution is 7.20. The van der Waals surface area contributed by atoms with E-state index < -0.39 is 5.97 Å². The van der Waals surface area contributed by atoms with Gasteiger partial charge in [-0.2, -0.15) is 5.26 Å². The van der Waals surface area contributed by atoms with Crippen LogP contribution in [0.5, 0.6) is 0 Å². The third-order valence-corrected chi connectivity index (χ3v) is 4.35. The zero-order valence-corrected chi connectivity index (χ0v) is 12.5. The molecule has 110 valence electrons. The van der Waals surface area contributed by atoms with Crippen LogP contribution in [0.2, 0.25) is 0 Å². The van der Waals surface area contributed by atoms with E-state index in [2.05, 4.69) is 16.4 Å². The van der Waals surface area contributed by atoms with E-state index in [1.165, 1.54) is 11.3 Å². The Morgan fingerprint density at radius 1 is 1.45 bits per heavy atom. The van der Waals surface area contributed by atoms with Gasteiger partial charge in [0.15, 0.2) is 0 Å². The number of rotatable bonds is 4. The number of thiophene rings is 1. The molecule has 0 aliphatic heterocycles. The summed E-state index contributed by atoms with van der Waals surface area (Å²) in [5.74, 6) is -0.109. The zero-order valence-electron chi connectivity index (χ0n) is 11.7. The lowest BCUT2D eigenvalue weighted by atomic mass is 10.2. The summed E-state index contributed by atoms with van der Waals surface area (Å²) in [7, 11) is 1.86. The van der Waals surface area contributed by atoms with Crippen molar-refractivity contribution < 1.29 is 9.90 Å². The van der Waals surface area contributed by atoms with Crippen LogP contribution in [0.25, 0.3) is 10.3 Å². The Hall–Kier alpha value is -2.85. The number of benzene rings is 1. The minimum Gasteiger partial charge on any atom is -0.477 e. The Bertz CT molecular complexity index is 887. The summed E-state index contributed by atoms with van der Waals surface area (Å²) in [6.07, 6.45) is 0. The van der Waals surface area contributed by atoms with Crippen LogP contribution in [0.4, 0.5) is 5.69 Å². The molecule has 0 atom stereocenters. The fourth-order valence-electron chi connectivity index (χ4n) is 2.13. The van der Waals surface area contributed by atoms with Crippen molar-refractivity contribution in [2.24, 2.45) is 7.05 Å². The molecule has 22 heavy (non-hydrogen) atoms. The summed E-state index contributed by atoms with van der Waals surface area (Å²) in [5.41, 5.74) is 2.33. The van der Waals surface area contributed by atoms with E-state index >= 15 is 0 Å². The van der Waals surface area contributed by atoms with Crippen LogP contribution in [-0.4, -0.2) is 20.6 Å². The first-order valence-corrected chi connectivity index (χ1v) is 7.32. The molecule has 0 saturated heterocycles. The van der Waals surface area contributed by atoms with Gasteiger partial charge >= 0.3 is 5.97 Å². The van der Waals surface area contributed by atoms with E-state index in [0.717, 1.165) is 21.9 Å². The molecule has 1 aromatic carbocycles. The van der Waals surface area contributed by atoms with Crippen molar-refractivity contribution in [3.8, 4) is 6.07 Å². The van der Waals surface area contributed by atoms with Crippen LogP contribution in [0, 0.1) is 11.3 Å². The summed E-state index contributed by atoms with van der Waals surface area (Å²) < 4.78 is 1.88. The average molecular weight is 312 g/mol. The number of imidazole rings is 1. The number of anilines is 1. The van der Waals surface area contributed by atoms with Crippen LogP contribution in [0.3, 0.4) is 0 Å². The Labute approximate surface area is 130 Å². The minimum atomic E-state index is -0.930. The number of nitrogens with one attached hydrogen (secondary N) is 1. The van der Waals surface area contributed by atoms with Crippen LogP contribution in [0.1, 0.15) is 21.1 Å². The van der Waals surface area contributed by atoms with Gasteiger partial charge in [-0.1, -0.05) is 0 Å². The van der Waals surface area contributed by atoms with E-state index in [1.54, 1.807) is 18.2 Å². The predicted octanol–water partition coefficient (Wildman–Crippen LogP) is 2.82. The number of nitriles is 1. The summed E-state index contributed by atoms with van der Waals surface area (Å²) in [6.45, 7) is 0.520. The molecule has 7 heteroatoms. The molecule has 0 radical (unpaired) electrons. The monoisotopic (exact) mass is 312 g/mol. The second-order valence-corrected chi connectivity index (χ2v) is 5.77. The number of aromatic nitrogens is 2. The number of aromatic carboxylic acids is 1. The molecule has 0 unspecified atom stereocenters. The van der Waals surface area contributed by atoms with Gasteiger partial charge in [0.2, 0.25) is 0 Å². The van der Waals surface area contributed by atoms with Crippen LogP contribution in [0.15, 0.2) is 30.3 Å². The van der Waals surface area contributed by atoms with Crippen molar-refractivity contribution in [3.63, 3.8) is 0 Å². The van der Waals surface area contributed by atoms with Crippen LogP contribution in [-0.2, 0) is 13.6 Å². The van der Waals surface area contributed by atoms with Gasteiger partial charge in [0.25, 0.3) is 0 Å². The molecule has 3 rings (SSSR count). The second kappa shape index (κ2) is 5.50. The number of hydrogen-bond acceptors (Lipinski definition) is 5. The van der Waals surface area contributed by atoms with Crippen molar-refractivity contribution in [1.29, 1.82) is 5.26 Å². The molecule has 0 aliphatic rings. The van der Waals surface area contributed by atoms with Crippen molar-refractivity contribution in [2.45, 2.75) is 6.54 Å². The fourth-order valence-corrected chi connectivity index (χ4v) is 3.05. The lowest BCUT2D eigenvalue weighted by Crippen LogP contribution is -2.06. The Morgan fingerprint density at radius 2 is 2.18 bits per heavy atom. The number of fused-ring (bicyclic) bond motifs is 1. The molecule has 6 nitrogen and oxygen atoms in total. The van der Waals surface area contributed by atoms with Gasteiger partial charge < -0.3 is 15.0 Å². The Kier molecular flexibility index (Phi) is 3.53. The van der Waals surface area contributed by atoms with Gasteiger partial charge in [0, 0.05) is 12.7 Å². The number of carboxylic acid groups (broad SMARTS) is 1. The van der Waals surface area contributed by atoms with Gasteiger partial charge in [-0.05, 0) is 30.3 Å². The van der Waals surface area contributed by atoms with Crippen molar-refractivity contribution >= 4 is 33.3 Å². The Balaban J connectivity index is 1.79. The minimum absolute atomic E-state index is 0.291. The molecule has 0 amide bonds. The quantitative estimate of drug-likeness (QED) is 0.773. The second-order valence-electron chi connectivity index (χ2n) is 4.74. The Morgan fingerprint density at radius 3 is 2.77 bits per heavy atom. The summed E-state index contributed by atoms with van der Waals surface area (Å²) in [6, 6.07) is 10.9. The SMILES string of the molecule is Cn1c(CNc2ccc(C#N)cc2)nc2sc(C(=O)O)cc21. The van der Waals surface area contributed by atoms with Crippen molar-refractivity contribution in [3.05, 3.63) is 46.6 Å². The largest absolute Gasteiger partial charge is 0.477 e. The summed E-state index contributed by atoms with van der Waals surface area (Å²) in [4.78, 5) is 16.4. The number of hydrogen-bond donors (Lipinski definition) is 2. The van der Waals surface area contributed by atoms with E-state index in [4.69, 9.17) is 10.4 Å². The average Bonchev–Trinajstić information content (AvgIpc) is 3.06. The standard InChI is InChI=1S/C15H12N4O2S/c1-19-11-6-12(15(20)21)22-14(11)18-13(19)8-17-10-4-2-9(7-16)3-5-10/h2-6,17H,8H2,1H3,(H,20,21). The molecular weight excluding hydrogens is 300 g/mol. The lowest BCUT2D eigenvalue weighted by molar-refractivity contribution is 0.0702. The van der Waals surface area contributed by atoms with Gasteiger partial charge in [-0.15, -0.1) is 11.3 Å². The molecule has 2 N–H and O–H groups in total. The van der Waals surface area contributed by atoms with E-state index in [0.29, 0.717) is 17.0 Å². The predicted molar refractivity (Wildman–Crippen MR) is 84.0 cm³/mol. The highest BCUT2D eigenvalue weighted by Crippen LogP contribution is 2.26. The fraction of sp³-hybridized carbons (Fsp3) is 0.133. The summed E-state index contributed by atoms with van der Waals surface area (Å²) >= 11 is 1.17. The number of nitrogens with zero attached hydrogens (tertiary/aromatic N) is 3. The maximum atomic E-state index is 11.0. The molecule has 0 bridgehead atoms. The van der Waals surface area contributed by atoms with Gasteiger partial charge in [0.1, 0.15) is 15.5 Å². The van der Waals surface area contributed by atoms with Gasteiger partial charge in [-0.3, -0.25) is 0 Å². The molecule has 0 spiro atoms. The van der Waals surface area contributed by atoms with E-state index in [1.807, 2.05) is 23.7 Å². The highest BCUT2D eigenvalue weighted by Gasteiger charge is 2.14. The first-order chi connectivity index (χ1) is 10.6. The van der Waals surface area contributed by atoms with Gasteiger partial charge in [-0.25, -0.2) is 9.78 Å². The first kappa shape index (κ1) is 14.1.